The molecule has 0 bridgehead atoms. The fourth-order valence-electron chi connectivity index (χ4n) is 2.32. The molecule has 4 nitrogen and oxygen atoms in total. The third-order valence-corrected chi connectivity index (χ3v) is 4.63. The summed E-state index contributed by atoms with van der Waals surface area (Å²) < 4.78 is 1.80. The standard InChI is InChI=1S/C17H19Cl2N3O/c1-11-14(12(2)22(4)20-11)8-9-16(23)21(3)10-13-6-5-7-15(18)17(13)19/h5-9H,10H2,1-4H3/b9-8+. The summed E-state index contributed by atoms with van der Waals surface area (Å²) in [6, 6.07) is 5.40. The van der Waals surface area contributed by atoms with E-state index in [1.807, 2.05) is 33.0 Å². The molecule has 1 aromatic heterocycles. The zero-order valence-corrected chi connectivity index (χ0v) is 15.1. The zero-order valence-electron chi connectivity index (χ0n) is 13.6. The SMILES string of the molecule is Cc1nn(C)c(C)c1/C=C/C(=O)N(C)Cc1cccc(Cl)c1Cl. The van der Waals surface area contributed by atoms with Crippen molar-refractivity contribution in [2.75, 3.05) is 7.05 Å². The molecule has 2 rings (SSSR count). The van der Waals surface area contributed by atoms with Gasteiger partial charge < -0.3 is 4.90 Å². The maximum absolute atomic E-state index is 12.3. The second kappa shape index (κ2) is 7.20. The minimum Gasteiger partial charge on any atom is -0.338 e. The van der Waals surface area contributed by atoms with Crippen LogP contribution >= 0.6 is 23.2 Å². The second-order valence-corrected chi connectivity index (χ2v) is 6.23. The van der Waals surface area contributed by atoms with E-state index in [-0.39, 0.29) is 5.91 Å². The van der Waals surface area contributed by atoms with E-state index in [1.165, 1.54) is 0 Å². The van der Waals surface area contributed by atoms with E-state index in [2.05, 4.69) is 5.10 Å². The van der Waals surface area contributed by atoms with Crippen LogP contribution < -0.4 is 0 Å². The van der Waals surface area contributed by atoms with E-state index in [4.69, 9.17) is 23.2 Å². The topological polar surface area (TPSA) is 38.1 Å². The molecule has 0 aliphatic heterocycles. The van der Waals surface area contributed by atoms with Crippen LogP contribution in [0.5, 0.6) is 0 Å². The van der Waals surface area contributed by atoms with Gasteiger partial charge in [-0.25, -0.2) is 0 Å². The van der Waals surface area contributed by atoms with Crippen LogP contribution in [0, 0.1) is 13.8 Å². The van der Waals surface area contributed by atoms with Gasteiger partial charge in [0.15, 0.2) is 0 Å². The summed E-state index contributed by atoms with van der Waals surface area (Å²) in [5.74, 6) is -0.108. The number of likely N-dealkylation sites (N-methyl/N-ethyl adjacent to an activating group) is 1. The molecule has 0 spiro atoms. The molecule has 1 heterocycles. The molecule has 0 unspecified atom stereocenters. The van der Waals surface area contributed by atoms with Crippen LogP contribution in [0.15, 0.2) is 24.3 Å². The van der Waals surface area contributed by atoms with E-state index in [0.717, 1.165) is 22.5 Å². The normalized spacial score (nSPS) is 11.2. The first kappa shape index (κ1) is 17.6. The maximum atomic E-state index is 12.3. The third-order valence-electron chi connectivity index (χ3n) is 3.77. The Morgan fingerprint density at radius 1 is 1.35 bits per heavy atom. The van der Waals surface area contributed by atoms with Crippen molar-refractivity contribution < 1.29 is 4.79 Å². The van der Waals surface area contributed by atoms with Gasteiger partial charge in [-0.15, -0.1) is 0 Å². The molecular weight excluding hydrogens is 333 g/mol. The number of rotatable bonds is 4. The van der Waals surface area contributed by atoms with Gasteiger partial charge in [0.2, 0.25) is 5.91 Å². The Bertz CT molecular complexity index is 765. The molecule has 0 fully saturated rings. The molecule has 1 amide bonds. The number of carbonyl (C=O) groups is 1. The Morgan fingerprint density at radius 2 is 2.04 bits per heavy atom. The average Bonchev–Trinajstić information content (AvgIpc) is 2.74. The predicted molar refractivity (Wildman–Crippen MR) is 94.7 cm³/mol. The summed E-state index contributed by atoms with van der Waals surface area (Å²) in [7, 11) is 3.61. The molecular formula is C17H19Cl2N3O. The van der Waals surface area contributed by atoms with Gasteiger partial charge in [0.1, 0.15) is 0 Å². The molecule has 0 saturated heterocycles. The molecule has 0 saturated carbocycles. The third kappa shape index (κ3) is 3.95. The number of aryl methyl sites for hydroxylation is 2. The van der Waals surface area contributed by atoms with Crippen molar-refractivity contribution >= 4 is 35.2 Å². The summed E-state index contributed by atoms with van der Waals surface area (Å²) in [6.07, 6.45) is 3.35. The molecule has 0 radical (unpaired) electrons. The lowest BCUT2D eigenvalue weighted by molar-refractivity contribution is -0.125. The predicted octanol–water partition coefficient (Wildman–Crippen LogP) is 4.02. The number of carbonyl (C=O) groups excluding carboxylic acids is 1. The number of aromatic nitrogens is 2. The minimum atomic E-state index is -0.108. The van der Waals surface area contributed by atoms with Crippen molar-refractivity contribution in [2.45, 2.75) is 20.4 Å². The van der Waals surface area contributed by atoms with Crippen LogP contribution in [0.4, 0.5) is 0 Å². The van der Waals surface area contributed by atoms with Gasteiger partial charge in [-0.05, 0) is 31.6 Å². The molecule has 0 N–H and O–H groups in total. The minimum absolute atomic E-state index is 0.108. The number of halogens is 2. The first-order valence-corrected chi connectivity index (χ1v) is 7.93. The van der Waals surface area contributed by atoms with Crippen LogP contribution in [0.1, 0.15) is 22.5 Å². The number of benzene rings is 1. The van der Waals surface area contributed by atoms with Crippen molar-refractivity contribution in [1.29, 1.82) is 0 Å². The second-order valence-electron chi connectivity index (χ2n) is 5.45. The fraction of sp³-hybridized carbons (Fsp3) is 0.294. The van der Waals surface area contributed by atoms with Crippen molar-refractivity contribution in [1.82, 2.24) is 14.7 Å². The van der Waals surface area contributed by atoms with Gasteiger partial charge in [0.25, 0.3) is 0 Å². The van der Waals surface area contributed by atoms with Crippen LogP contribution in [0.2, 0.25) is 10.0 Å². The van der Waals surface area contributed by atoms with Gasteiger partial charge in [0.05, 0.1) is 15.7 Å². The fourth-order valence-corrected chi connectivity index (χ4v) is 2.70. The van der Waals surface area contributed by atoms with E-state index in [0.29, 0.717) is 16.6 Å². The Labute approximate surface area is 146 Å². The number of hydrogen-bond donors (Lipinski definition) is 0. The quantitative estimate of drug-likeness (QED) is 0.780. The van der Waals surface area contributed by atoms with Crippen LogP contribution in [0.25, 0.3) is 6.08 Å². The van der Waals surface area contributed by atoms with Crippen LogP contribution in [0.3, 0.4) is 0 Å². The lowest BCUT2D eigenvalue weighted by Gasteiger charge is -2.16. The monoisotopic (exact) mass is 351 g/mol. The smallest absolute Gasteiger partial charge is 0.246 e. The zero-order chi connectivity index (χ0) is 17.1. The van der Waals surface area contributed by atoms with Crippen molar-refractivity contribution in [2.24, 2.45) is 7.05 Å². The molecule has 1 aromatic carbocycles. The molecule has 0 aliphatic carbocycles. The maximum Gasteiger partial charge on any atom is 0.246 e. The molecule has 122 valence electrons. The van der Waals surface area contributed by atoms with Crippen molar-refractivity contribution in [3.05, 3.63) is 56.8 Å². The van der Waals surface area contributed by atoms with Crippen molar-refractivity contribution in [3.8, 4) is 0 Å². The molecule has 0 atom stereocenters. The van der Waals surface area contributed by atoms with Crippen LogP contribution in [-0.2, 0) is 18.4 Å². The summed E-state index contributed by atoms with van der Waals surface area (Å²) in [5.41, 5.74) is 3.70. The highest BCUT2D eigenvalue weighted by molar-refractivity contribution is 6.42. The highest BCUT2D eigenvalue weighted by Crippen LogP contribution is 2.26. The molecule has 2 aromatic rings. The summed E-state index contributed by atoms with van der Waals surface area (Å²) >= 11 is 12.2. The van der Waals surface area contributed by atoms with Gasteiger partial charge in [-0.1, -0.05) is 35.3 Å². The molecule has 6 heteroatoms. The largest absolute Gasteiger partial charge is 0.338 e. The first-order chi connectivity index (χ1) is 10.8. The van der Waals surface area contributed by atoms with Gasteiger partial charge in [0, 0.05) is 38.0 Å². The van der Waals surface area contributed by atoms with E-state index in [9.17, 15) is 4.79 Å². The van der Waals surface area contributed by atoms with Gasteiger partial charge in [-0.2, -0.15) is 5.10 Å². The highest BCUT2D eigenvalue weighted by Gasteiger charge is 2.11. The van der Waals surface area contributed by atoms with E-state index in [1.54, 1.807) is 34.8 Å². The Morgan fingerprint density at radius 3 is 2.65 bits per heavy atom. The van der Waals surface area contributed by atoms with E-state index < -0.39 is 0 Å². The molecule has 0 aliphatic rings. The van der Waals surface area contributed by atoms with Crippen LogP contribution in [-0.4, -0.2) is 27.6 Å². The Hall–Kier alpha value is -1.78. The summed E-state index contributed by atoms with van der Waals surface area (Å²) in [4.78, 5) is 13.9. The summed E-state index contributed by atoms with van der Waals surface area (Å²) in [5, 5.41) is 5.30. The number of nitrogens with zero attached hydrogens (tertiary/aromatic N) is 3. The lowest BCUT2D eigenvalue weighted by Crippen LogP contribution is -2.24. The summed E-state index contributed by atoms with van der Waals surface area (Å²) in [6.45, 7) is 4.29. The Balaban J connectivity index is 2.11. The first-order valence-electron chi connectivity index (χ1n) is 7.17. The van der Waals surface area contributed by atoms with Crippen molar-refractivity contribution in [3.63, 3.8) is 0 Å². The average molecular weight is 352 g/mol. The Kier molecular flexibility index (Phi) is 5.50. The van der Waals surface area contributed by atoms with Gasteiger partial charge in [-0.3, -0.25) is 9.48 Å². The number of hydrogen-bond acceptors (Lipinski definition) is 2. The molecule has 23 heavy (non-hydrogen) atoms. The lowest BCUT2D eigenvalue weighted by atomic mass is 10.1. The highest BCUT2D eigenvalue weighted by atomic mass is 35.5. The van der Waals surface area contributed by atoms with E-state index >= 15 is 0 Å². The van der Waals surface area contributed by atoms with Gasteiger partial charge >= 0.3 is 0 Å². The number of amides is 1.